The summed E-state index contributed by atoms with van der Waals surface area (Å²) in [6.07, 6.45) is 0. The fraction of sp³-hybridized carbons (Fsp3) is 0.176. The summed E-state index contributed by atoms with van der Waals surface area (Å²) in [5, 5.41) is 16.7. The van der Waals surface area contributed by atoms with Crippen LogP contribution in [0.25, 0.3) is 0 Å². The number of hydrogen-bond acceptors (Lipinski definition) is 4. The second-order valence-electron chi connectivity index (χ2n) is 4.97. The number of amides is 1. The Morgan fingerprint density at radius 1 is 1.14 bits per heavy atom. The monoisotopic (exact) mass is 297 g/mol. The van der Waals surface area contributed by atoms with Crippen molar-refractivity contribution in [3.05, 3.63) is 59.7 Å². The average Bonchev–Trinajstić information content (AvgIpc) is 2.52. The molecule has 2 aromatic carbocycles. The Morgan fingerprint density at radius 3 is 2.50 bits per heavy atom. The predicted octanol–water partition coefficient (Wildman–Crippen LogP) is 2.65. The van der Waals surface area contributed by atoms with Crippen molar-refractivity contribution in [2.75, 3.05) is 11.9 Å². The van der Waals surface area contributed by atoms with Crippen LogP contribution in [0.3, 0.4) is 0 Å². The average molecular weight is 297 g/mol. The van der Waals surface area contributed by atoms with Crippen molar-refractivity contribution in [1.29, 1.82) is 0 Å². The van der Waals surface area contributed by atoms with E-state index in [-0.39, 0.29) is 18.2 Å². The van der Waals surface area contributed by atoms with Crippen molar-refractivity contribution in [1.82, 2.24) is 5.43 Å². The molecule has 0 unspecified atom stereocenters. The third kappa shape index (κ3) is 4.34. The van der Waals surface area contributed by atoms with Crippen molar-refractivity contribution >= 4 is 17.3 Å². The molecule has 0 spiro atoms. The van der Waals surface area contributed by atoms with Gasteiger partial charge in [-0.2, -0.15) is 5.10 Å². The van der Waals surface area contributed by atoms with Gasteiger partial charge in [-0.1, -0.05) is 29.8 Å². The number of anilines is 1. The van der Waals surface area contributed by atoms with Crippen molar-refractivity contribution < 1.29 is 9.90 Å². The summed E-state index contributed by atoms with van der Waals surface area (Å²) >= 11 is 0. The van der Waals surface area contributed by atoms with E-state index in [1.54, 1.807) is 31.2 Å². The lowest BCUT2D eigenvalue weighted by Crippen LogP contribution is -2.26. The summed E-state index contributed by atoms with van der Waals surface area (Å²) in [5.74, 6) is -0.119. The molecule has 2 aromatic rings. The molecular weight excluding hydrogens is 278 g/mol. The van der Waals surface area contributed by atoms with Crippen LogP contribution in [0.5, 0.6) is 5.75 Å². The molecule has 0 aliphatic carbocycles. The Hall–Kier alpha value is -2.82. The lowest BCUT2D eigenvalue weighted by Gasteiger charge is -2.07. The third-order valence-corrected chi connectivity index (χ3v) is 3.15. The van der Waals surface area contributed by atoms with E-state index in [9.17, 15) is 9.90 Å². The van der Waals surface area contributed by atoms with E-state index >= 15 is 0 Å². The Bertz CT molecular complexity index is 679. The van der Waals surface area contributed by atoms with Crippen LogP contribution in [-0.4, -0.2) is 23.3 Å². The zero-order chi connectivity index (χ0) is 15.9. The minimum Gasteiger partial charge on any atom is -0.507 e. The number of phenolic OH excluding ortho intramolecular Hbond substituents is 1. The number of benzene rings is 2. The van der Waals surface area contributed by atoms with Gasteiger partial charge in [-0.15, -0.1) is 0 Å². The SMILES string of the molecule is C/C(=N\NC(=O)CNc1ccc(C)cc1)c1ccccc1O. The highest BCUT2D eigenvalue weighted by Crippen LogP contribution is 2.16. The Morgan fingerprint density at radius 2 is 1.82 bits per heavy atom. The molecule has 0 heterocycles. The van der Waals surface area contributed by atoms with Gasteiger partial charge < -0.3 is 10.4 Å². The van der Waals surface area contributed by atoms with Gasteiger partial charge in [-0.3, -0.25) is 4.79 Å². The number of hydrogen-bond donors (Lipinski definition) is 3. The standard InChI is InChI=1S/C17H19N3O2/c1-12-7-9-14(10-8-12)18-11-17(22)20-19-13(2)15-5-3-4-6-16(15)21/h3-10,18,21H,11H2,1-2H3,(H,20,22)/b19-13+. The van der Waals surface area contributed by atoms with Crippen molar-refractivity contribution in [3.8, 4) is 5.75 Å². The third-order valence-electron chi connectivity index (χ3n) is 3.15. The summed E-state index contributed by atoms with van der Waals surface area (Å²) < 4.78 is 0. The van der Waals surface area contributed by atoms with Crippen molar-refractivity contribution in [3.63, 3.8) is 0 Å². The Balaban J connectivity index is 1.88. The van der Waals surface area contributed by atoms with Gasteiger partial charge in [0.1, 0.15) is 5.75 Å². The highest BCUT2D eigenvalue weighted by Gasteiger charge is 2.04. The molecule has 0 saturated carbocycles. The molecule has 0 aromatic heterocycles. The van der Waals surface area contributed by atoms with Gasteiger partial charge in [0.25, 0.3) is 5.91 Å². The number of phenols is 1. The molecule has 0 aliphatic heterocycles. The Labute approximate surface area is 129 Å². The lowest BCUT2D eigenvalue weighted by atomic mass is 10.1. The molecule has 0 fully saturated rings. The topological polar surface area (TPSA) is 73.7 Å². The number of aryl methyl sites for hydroxylation is 1. The zero-order valence-electron chi connectivity index (χ0n) is 12.6. The first-order valence-corrected chi connectivity index (χ1v) is 6.98. The lowest BCUT2D eigenvalue weighted by molar-refractivity contribution is -0.119. The van der Waals surface area contributed by atoms with Gasteiger partial charge >= 0.3 is 0 Å². The maximum Gasteiger partial charge on any atom is 0.259 e. The molecule has 22 heavy (non-hydrogen) atoms. The van der Waals surface area contributed by atoms with Gasteiger partial charge in [0.2, 0.25) is 0 Å². The largest absolute Gasteiger partial charge is 0.507 e. The maximum atomic E-state index is 11.8. The molecular formula is C17H19N3O2. The number of nitrogens with zero attached hydrogens (tertiary/aromatic N) is 1. The van der Waals surface area contributed by atoms with Gasteiger partial charge in [0.05, 0.1) is 12.3 Å². The first kappa shape index (κ1) is 15.6. The van der Waals surface area contributed by atoms with Gasteiger partial charge in [0.15, 0.2) is 0 Å². The van der Waals surface area contributed by atoms with Crippen LogP contribution in [0.1, 0.15) is 18.1 Å². The number of para-hydroxylation sites is 1. The predicted molar refractivity (Wildman–Crippen MR) is 88.1 cm³/mol. The van der Waals surface area contributed by atoms with Crippen LogP contribution < -0.4 is 10.7 Å². The summed E-state index contributed by atoms with van der Waals surface area (Å²) in [5.41, 5.74) is 5.64. The molecule has 0 radical (unpaired) electrons. The van der Waals surface area contributed by atoms with E-state index in [2.05, 4.69) is 15.8 Å². The second-order valence-corrected chi connectivity index (χ2v) is 4.97. The summed E-state index contributed by atoms with van der Waals surface area (Å²) in [6, 6.07) is 14.6. The van der Waals surface area contributed by atoms with E-state index in [0.717, 1.165) is 11.3 Å². The normalized spacial score (nSPS) is 11.1. The number of carbonyl (C=O) groups excluding carboxylic acids is 1. The van der Waals surface area contributed by atoms with Crippen molar-refractivity contribution in [2.45, 2.75) is 13.8 Å². The van der Waals surface area contributed by atoms with E-state index < -0.39 is 0 Å². The van der Waals surface area contributed by atoms with Crippen LogP contribution in [0, 0.1) is 6.92 Å². The highest BCUT2D eigenvalue weighted by molar-refractivity contribution is 6.01. The van der Waals surface area contributed by atoms with Crippen LogP contribution in [-0.2, 0) is 4.79 Å². The molecule has 2 rings (SSSR count). The molecule has 0 atom stereocenters. The molecule has 114 valence electrons. The fourth-order valence-electron chi connectivity index (χ4n) is 1.88. The number of rotatable bonds is 5. The van der Waals surface area contributed by atoms with Crippen LogP contribution >= 0.6 is 0 Å². The van der Waals surface area contributed by atoms with Gasteiger partial charge in [-0.05, 0) is 38.1 Å². The smallest absolute Gasteiger partial charge is 0.259 e. The van der Waals surface area contributed by atoms with Crippen molar-refractivity contribution in [2.24, 2.45) is 5.10 Å². The quantitative estimate of drug-likeness (QED) is 0.587. The molecule has 3 N–H and O–H groups in total. The molecule has 0 aliphatic rings. The molecule has 0 bridgehead atoms. The van der Waals surface area contributed by atoms with E-state index in [4.69, 9.17) is 0 Å². The van der Waals surface area contributed by atoms with E-state index in [1.807, 2.05) is 31.2 Å². The van der Waals surface area contributed by atoms with Gasteiger partial charge in [-0.25, -0.2) is 5.43 Å². The van der Waals surface area contributed by atoms with E-state index in [0.29, 0.717) is 11.3 Å². The summed E-state index contributed by atoms with van der Waals surface area (Å²) in [7, 11) is 0. The first-order valence-electron chi connectivity index (χ1n) is 6.98. The molecule has 5 heteroatoms. The van der Waals surface area contributed by atoms with Gasteiger partial charge in [0, 0.05) is 11.3 Å². The fourth-order valence-corrected chi connectivity index (χ4v) is 1.88. The maximum absolute atomic E-state index is 11.8. The summed E-state index contributed by atoms with van der Waals surface area (Å²) in [4.78, 5) is 11.8. The van der Waals surface area contributed by atoms with Crippen LogP contribution in [0.4, 0.5) is 5.69 Å². The molecule has 5 nitrogen and oxygen atoms in total. The first-order chi connectivity index (χ1) is 10.6. The molecule has 1 amide bonds. The number of hydrazone groups is 1. The minimum absolute atomic E-state index is 0.126. The highest BCUT2D eigenvalue weighted by atomic mass is 16.3. The second kappa shape index (κ2) is 7.26. The van der Waals surface area contributed by atoms with Crippen LogP contribution in [0.15, 0.2) is 53.6 Å². The number of aromatic hydroxyl groups is 1. The number of nitrogens with one attached hydrogen (secondary N) is 2. The Kier molecular flexibility index (Phi) is 5.14. The minimum atomic E-state index is -0.254. The van der Waals surface area contributed by atoms with Crippen LogP contribution in [0.2, 0.25) is 0 Å². The summed E-state index contributed by atoms with van der Waals surface area (Å²) in [6.45, 7) is 3.86. The van der Waals surface area contributed by atoms with E-state index in [1.165, 1.54) is 0 Å². The zero-order valence-corrected chi connectivity index (χ0v) is 12.6. The molecule has 0 saturated heterocycles. The number of carbonyl (C=O) groups is 1.